The van der Waals surface area contributed by atoms with E-state index in [1.807, 2.05) is 59.5 Å². The first-order chi connectivity index (χ1) is 11.2. The van der Waals surface area contributed by atoms with Gasteiger partial charge in [0.05, 0.1) is 6.04 Å². The van der Waals surface area contributed by atoms with E-state index < -0.39 is 0 Å². The van der Waals surface area contributed by atoms with Crippen molar-refractivity contribution >= 4 is 23.3 Å². The van der Waals surface area contributed by atoms with Gasteiger partial charge in [-0.3, -0.25) is 0 Å². The van der Waals surface area contributed by atoms with Crippen molar-refractivity contribution in [1.82, 2.24) is 4.90 Å². The molecule has 1 aliphatic heterocycles. The van der Waals surface area contributed by atoms with Gasteiger partial charge in [-0.2, -0.15) is 0 Å². The molecular weight excluding hydrogens is 308 g/mol. The third-order valence-electron chi connectivity index (χ3n) is 4.29. The summed E-state index contributed by atoms with van der Waals surface area (Å²) in [6.45, 7) is 0.784. The SMILES string of the molecule is O=C(Nc1ccccc1)N1CCCCC[C@@H]1c1ccc(Cl)cc1. The van der Waals surface area contributed by atoms with Gasteiger partial charge in [-0.05, 0) is 42.7 Å². The van der Waals surface area contributed by atoms with Crippen LogP contribution in [-0.4, -0.2) is 17.5 Å². The number of anilines is 1. The van der Waals surface area contributed by atoms with E-state index >= 15 is 0 Å². The van der Waals surface area contributed by atoms with Gasteiger partial charge in [0.2, 0.25) is 0 Å². The minimum absolute atomic E-state index is 0.0296. The van der Waals surface area contributed by atoms with Crippen molar-refractivity contribution in [2.24, 2.45) is 0 Å². The van der Waals surface area contributed by atoms with Crippen molar-refractivity contribution in [3.8, 4) is 0 Å². The Morgan fingerprint density at radius 2 is 1.74 bits per heavy atom. The molecule has 0 radical (unpaired) electrons. The molecule has 0 unspecified atom stereocenters. The van der Waals surface area contributed by atoms with Gasteiger partial charge in [0, 0.05) is 17.3 Å². The van der Waals surface area contributed by atoms with E-state index in [-0.39, 0.29) is 12.1 Å². The van der Waals surface area contributed by atoms with Crippen LogP contribution in [0.2, 0.25) is 5.02 Å². The predicted molar refractivity (Wildman–Crippen MR) is 94.8 cm³/mol. The number of likely N-dealkylation sites (tertiary alicyclic amines) is 1. The summed E-state index contributed by atoms with van der Waals surface area (Å²) in [5, 5.41) is 3.74. The number of halogens is 1. The Kier molecular flexibility index (Phi) is 5.19. The van der Waals surface area contributed by atoms with Crippen LogP contribution in [0.4, 0.5) is 10.5 Å². The Bertz CT molecular complexity index is 642. The number of para-hydroxylation sites is 1. The summed E-state index contributed by atoms with van der Waals surface area (Å²) in [6.07, 6.45) is 4.34. The lowest BCUT2D eigenvalue weighted by atomic mass is 10.0. The first-order valence-corrected chi connectivity index (χ1v) is 8.50. The summed E-state index contributed by atoms with van der Waals surface area (Å²) in [6, 6.07) is 17.5. The molecular formula is C19H21ClN2O. The van der Waals surface area contributed by atoms with E-state index in [4.69, 9.17) is 11.6 Å². The van der Waals surface area contributed by atoms with E-state index in [9.17, 15) is 4.79 Å². The highest BCUT2D eigenvalue weighted by Crippen LogP contribution is 2.31. The molecule has 0 spiro atoms. The van der Waals surface area contributed by atoms with Gasteiger partial charge in [0.1, 0.15) is 0 Å². The Morgan fingerprint density at radius 3 is 2.48 bits per heavy atom. The third-order valence-corrected chi connectivity index (χ3v) is 4.55. The molecule has 1 fully saturated rings. The van der Waals surface area contributed by atoms with Crippen molar-refractivity contribution in [2.45, 2.75) is 31.7 Å². The molecule has 120 valence electrons. The van der Waals surface area contributed by atoms with Crippen LogP contribution in [0.5, 0.6) is 0 Å². The van der Waals surface area contributed by atoms with Crippen LogP contribution >= 0.6 is 11.6 Å². The maximum atomic E-state index is 12.8. The second-order valence-corrected chi connectivity index (χ2v) is 6.34. The molecule has 0 aromatic heterocycles. The number of carbonyl (C=O) groups is 1. The van der Waals surface area contributed by atoms with E-state index in [0.29, 0.717) is 0 Å². The number of carbonyl (C=O) groups excluding carboxylic acids is 1. The number of nitrogens with one attached hydrogen (secondary N) is 1. The number of hydrogen-bond donors (Lipinski definition) is 1. The van der Waals surface area contributed by atoms with Crippen molar-refractivity contribution in [1.29, 1.82) is 0 Å². The molecule has 1 saturated heterocycles. The van der Waals surface area contributed by atoms with Crippen molar-refractivity contribution in [3.05, 3.63) is 65.2 Å². The second-order valence-electron chi connectivity index (χ2n) is 5.91. The zero-order valence-electron chi connectivity index (χ0n) is 13.0. The number of urea groups is 1. The quantitative estimate of drug-likeness (QED) is 0.776. The minimum atomic E-state index is -0.0296. The lowest BCUT2D eigenvalue weighted by Gasteiger charge is -2.30. The molecule has 2 aromatic carbocycles. The van der Waals surface area contributed by atoms with E-state index in [1.54, 1.807) is 0 Å². The largest absolute Gasteiger partial charge is 0.322 e. The van der Waals surface area contributed by atoms with E-state index in [0.717, 1.165) is 42.1 Å². The highest BCUT2D eigenvalue weighted by molar-refractivity contribution is 6.30. The molecule has 3 nitrogen and oxygen atoms in total. The number of amides is 2. The molecule has 23 heavy (non-hydrogen) atoms. The Morgan fingerprint density at radius 1 is 1.00 bits per heavy atom. The Balaban J connectivity index is 1.80. The van der Waals surface area contributed by atoms with Crippen LogP contribution in [0, 0.1) is 0 Å². The molecule has 1 aliphatic rings. The summed E-state index contributed by atoms with van der Waals surface area (Å²) >= 11 is 6.00. The number of rotatable bonds is 2. The Labute approximate surface area is 142 Å². The average Bonchev–Trinajstić information content (AvgIpc) is 2.82. The van der Waals surface area contributed by atoms with Crippen LogP contribution in [0.1, 0.15) is 37.3 Å². The van der Waals surface area contributed by atoms with Gasteiger partial charge in [0.25, 0.3) is 0 Å². The molecule has 0 saturated carbocycles. The van der Waals surface area contributed by atoms with Crippen molar-refractivity contribution in [3.63, 3.8) is 0 Å². The summed E-state index contributed by atoms with van der Waals surface area (Å²) in [5.41, 5.74) is 1.98. The average molecular weight is 329 g/mol. The van der Waals surface area contributed by atoms with Crippen LogP contribution in [0.25, 0.3) is 0 Å². The fourth-order valence-electron chi connectivity index (χ4n) is 3.10. The fraction of sp³-hybridized carbons (Fsp3) is 0.316. The smallest absolute Gasteiger partial charge is 0.317 e. The zero-order valence-corrected chi connectivity index (χ0v) is 13.8. The first-order valence-electron chi connectivity index (χ1n) is 8.12. The number of hydrogen-bond acceptors (Lipinski definition) is 1. The highest BCUT2D eigenvalue weighted by atomic mass is 35.5. The lowest BCUT2D eigenvalue weighted by molar-refractivity contribution is 0.189. The Hall–Kier alpha value is -2.00. The van der Waals surface area contributed by atoms with Crippen molar-refractivity contribution in [2.75, 3.05) is 11.9 Å². The molecule has 1 heterocycles. The molecule has 2 aromatic rings. The summed E-state index contributed by atoms with van der Waals surface area (Å²) in [4.78, 5) is 14.7. The predicted octanol–water partition coefficient (Wildman–Crippen LogP) is 5.49. The molecule has 2 amide bonds. The van der Waals surface area contributed by atoms with Gasteiger partial charge < -0.3 is 10.2 Å². The third kappa shape index (κ3) is 4.05. The van der Waals surface area contributed by atoms with Crippen LogP contribution in [0.3, 0.4) is 0 Å². The molecule has 4 heteroatoms. The van der Waals surface area contributed by atoms with Gasteiger partial charge >= 0.3 is 6.03 Å². The summed E-state index contributed by atoms with van der Waals surface area (Å²) in [5.74, 6) is 0. The first kappa shape index (κ1) is 15.9. The lowest BCUT2D eigenvalue weighted by Crippen LogP contribution is -2.38. The van der Waals surface area contributed by atoms with Gasteiger partial charge in [-0.1, -0.05) is 54.8 Å². The number of nitrogens with zero attached hydrogens (tertiary/aromatic N) is 1. The van der Waals surface area contributed by atoms with Crippen LogP contribution < -0.4 is 5.32 Å². The van der Waals surface area contributed by atoms with E-state index in [2.05, 4.69) is 5.32 Å². The molecule has 0 bridgehead atoms. The van der Waals surface area contributed by atoms with Gasteiger partial charge in [-0.15, -0.1) is 0 Å². The molecule has 0 aliphatic carbocycles. The maximum absolute atomic E-state index is 12.8. The van der Waals surface area contributed by atoms with Gasteiger partial charge in [-0.25, -0.2) is 4.79 Å². The summed E-state index contributed by atoms with van der Waals surface area (Å²) in [7, 11) is 0. The van der Waals surface area contributed by atoms with Crippen molar-refractivity contribution < 1.29 is 4.79 Å². The maximum Gasteiger partial charge on any atom is 0.322 e. The summed E-state index contributed by atoms with van der Waals surface area (Å²) < 4.78 is 0. The highest BCUT2D eigenvalue weighted by Gasteiger charge is 2.26. The molecule has 1 N–H and O–H groups in total. The zero-order chi connectivity index (χ0) is 16.1. The van der Waals surface area contributed by atoms with Gasteiger partial charge in [0.15, 0.2) is 0 Å². The molecule has 1 atom stereocenters. The normalized spacial score (nSPS) is 18.3. The monoisotopic (exact) mass is 328 g/mol. The standard InChI is InChI=1S/C19H21ClN2O/c20-16-12-10-15(11-13-16)18-9-5-2-6-14-22(18)19(23)21-17-7-3-1-4-8-17/h1,3-4,7-8,10-13,18H,2,5-6,9,14H2,(H,21,23)/t18-/m1/s1. The van der Waals surface area contributed by atoms with Crippen LogP contribution in [0.15, 0.2) is 54.6 Å². The second kappa shape index (κ2) is 7.51. The van der Waals surface area contributed by atoms with E-state index in [1.165, 1.54) is 6.42 Å². The fourth-order valence-corrected chi connectivity index (χ4v) is 3.23. The van der Waals surface area contributed by atoms with Crippen LogP contribution in [-0.2, 0) is 0 Å². The minimum Gasteiger partial charge on any atom is -0.317 e. The number of benzene rings is 2. The molecule has 3 rings (SSSR count). The topological polar surface area (TPSA) is 32.3 Å².